The highest BCUT2D eigenvalue weighted by Gasteiger charge is 2.43. The first-order chi connectivity index (χ1) is 13.6. The lowest BCUT2D eigenvalue weighted by Crippen LogP contribution is -2.49. The van der Waals surface area contributed by atoms with Crippen LogP contribution in [0.15, 0.2) is 71.6 Å². The first-order valence-corrected chi connectivity index (χ1v) is 9.17. The maximum atomic E-state index is 12.9. The van der Waals surface area contributed by atoms with Crippen LogP contribution in [0.5, 0.6) is 0 Å². The van der Waals surface area contributed by atoms with E-state index in [1.807, 2.05) is 42.5 Å². The summed E-state index contributed by atoms with van der Waals surface area (Å²) in [4.78, 5) is 30.5. The molecule has 1 aliphatic heterocycles. The number of oxazole rings is 1. The van der Waals surface area contributed by atoms with Crippen LogP contribution in [0.2, 0.25) is 0 Å². The fourth-order valence-electron chi connectivity index (χ4n) is 3.79. The molecule has 1 N–H and O–H groups in total. The SMILES string of the molecule is O=C(c1ccc(-c2cnco2)cc1)N1CCC(C(=O)O)(c2ccccc2)CC1. The number of hydrogen-bond donors (Lipinski definition) is 1. The number of hydrogen-bond acceptors (Lipinski definition) is 4. The minimum absolute atomic E-state index is 0.0869. The van der Waals surface area contributed by atoms with Gasteiger partial charge in [0.1, 0.15) is 0 Å². The van der Waals surface area contributed by atoms with Gasteiger partial charge in [-0.15, -0.1) is 0 Å². The molecule has 1 amide bonds. The number of nitrogens with zero attached hydrogens (tertiary/aromatic N) is 2. The normalized spacial score (nSPS) is 15.9. The summed E-state index contributed by atoms with van der Waals surface area (Å²) in [6.45, 7) is 0.813. The van der Waals surface area contributed by atoms with Gasteiger partial charge >= 0.3 is 5.97 Å². The zero-order chi connectivity index (χ0) is 19.6. The van der Waals surface area contributed by atoms with Crippen molar-refractivity contribution in [1.29, 1.82) is 0 Å². The van der Waals surface area contributed by atoms with Gasteiger partial charge < -0.3 is 14.4 Å². The molecule has 6 heteroatoms. The maximum Gasteiger partial charge on any atom is 0.314 e. The van der Waals surface area contributed by atoms with E-state index in [9.17, 15) is 14.7 Å². The molecular weight excluding hydrogens is 356 g/mol. The predicted molar refractivity (Wildman–Crippen MR) is 103 cm³/mol. The first kappa shape index (κ1) is 18.0. The smallest absolute Gasteiger partial charge is 0.314 e. The average molecular weight is 376 g/mol. The van der Waals surface area contributed by atoms with Gasteiger partial charge in [0.25, 0.3) is 5.91 Å². The van der Waals surface area contributed by atoms with Crippen molar-refractivity contribution in [3.05, 3.63) is 78.3 Å². The molecular formula is C22H20N2O4. The third kappa shape index (κ3) is 3.17. The Morgan fingerprint density at radius 3 is 2.25 bits per heavy atom. The van der Waals surface area contributed by atoms with E-state index >= 15 is 0 Å². The van der Waals surface area contributed by atoms with Gasteiger partial charge in [0.15, 0.2) is 12.2 Å². The van der Waals surface area contributed by atoms with Crippen molar-refractivity contribution in [2.24, 2.45) is 0 Å². The number of aromatic nitrogens is 1. The molecule has 1 aromatic heterocycles. The number of piperidine rings is 1. The van der Waals surface area contributed by atoms with Crippen molar-refractivity contribution < 1.29 is 19.1 Å². The van der Waals surface area contributed by atoms with Gasteiger partial charge in [0, 0.05) is 24.2 Å². The number of carbonyl (C=O) groups excluding carboxylic acids is 1. The third-order valence-electron chi connectivity index (χ3n) is 5.49. The van der Waals surface area contributed by atoms with Crippen molar-refractivity contribution in [3.8, 4) is 11.3 Å². The number of carbonyl (C=O) groups is 2. The molecule has 0 saturated carbocycles. The lowest BCUT2D eigenvalue weighted by atomic mass is 9.73. The lowest BCUT2D eigenvalue weighted by Gasteiger charge is -2.39. The fourth-order valence-corrected chi connectivity index (χ4v) is 3.79. The molecule has 0 bridgehead atoms. The largest absolute Gasteiger partial charge is 0.481 e. The fraction of sp³-hybridized carbons (Fsp3) is 0.227. The van der Waals surface area contributed by atoms with E-state index in [-0.39, 0.29) is 5.91 Å². The topological polar surface area (TPSA) is 83.6 Å². The van der Waals surface area contributed by atoms with Crippen molar-refractivity contribution in [2.75, 3.05) is 13.1 Å². The molecule has 1 saturated heterocycles. The number of benzene rings is 2. The van der Waals surface area contributed by atoms with E-state index in [4.69, 9.17) is 4.42 Å². The van der Waals surface area contributed by atoms with E-state index < -0.39 is 11.4 Å². The number of amides is 1. The maximum absolute atomic E-state index is 12.9. The highest BCUT2D eigenvalue weighted by Crippen LogP contribution is 2.36. The van der Waals surface area contributed by atoms with E-state index in [2.05, 4.69) is 4.98 Å². The van der Waals surface area contributed by atoms with E-state index in [0.29, 0.717) is 37.3 Å². The second-order valence-electron chi connectivity index (χ2n) is 6.99. The van der Waals surface area contributed by atoms with Crippen LogP contribution in [0.1, 0.15) is 28.8 Å². The van der Waals surface area contributed by atoms with Gasteiger partial charge in [-0.2, -0.15) is 0 Å². The van der Waals surface area contributed by atoms with E-state index in [0.717, 1.165) is 11.1 Å². The molecule has 0 spiro atoms. The second-order valence-corrected chi connectivity index (χ2v) is 6.99. The Hall–Kier alpha value is -3.41. The molecule has 2 aromatic carbocycles. The zero-order valence-corrected chi connectivity index (χ0v) is 15.2. The quantitative estimate of drug-likeness (QED) is 0.752. The van der Waals surface area contributed by atoms with Gasteiger partial charge in [-0.3, -0.25) is 9.59 Å². The highest BCUT2D eigenvalue weighted by molar-refractivity contribution is 5.95. The summed E-state index contributed by atoms with van der Waals surface area (Å²) >= 11 is 0. The number of aliphatic carboxylic acids is 1. The van der Waals surface area contributed by atoms with Crippen molar-refractivity contribution in [3.63, 3.8) is 0 Å². The standard InChI is InChI=1S/C22H20N2O4/c25-20(17-8-6-16(7-9-17)19-14-23-15-28-19)24-12-10-22(11-13-24,21(26)27)18-4-2-1-3-5-18/h1-9,14-15H,10-13H2,(H,26,27). The molecule has 6 nitrogen and oxygen atoms in total. The van der Waals surface area contributed by atoms with Crippen LogP contribution in [-0.4, -0.2) is 40.0 Å². The van der Waals surface area contributed by atoms with Gasteiger partial charge in [0.05, 0.1) is 11.6 Å². The Bertz CT molecular complexity index is 958. The van der Waals surface area contributed by atoms with Crippen LogP contribution in [0, 0.1) is 0 Å². The zero-order valence-electron chi connectivity index (χ0n) is 15.2. The van der Waals surface area contributed by atoms with Crippen LogP contribution in [0.3, 0.4) is 0 Å². The third-order valence-corrected chi connectivity index (χ3v) is 5.49. The summed E-state index contributed by atoms with van der Waals surface area (Å²) in [5.41, 5.74) is 1.28. The molecule has 0 aliphatic carbocycles. The summed E-state index contributed by atoms with van der Waals surface area (Å²) in [7, 11) is 0. The van der Waals surface area contributed by atoms with Gasteiger partial charge in [-0.1, -0.05) is 42.5 Å². The summed E-state index contributed by atoms with van der Waals surface area (Å²) < 4.78 is 5.26. The minimum atomic E-state index is -0.936. The van der Waals surface area contributed by atoms with Crippen LogP contribution in [0.4, 0.5) is 0 Å². The molecule has 4 rings (SSSR count). The Kier molecular flexibility index (Phi) is 4.69. The van der Waals surface area contributed by atoms with E-state index in [1.54, 1.807) is 23.2 Å². The molecule has 1 fully saturated rings. The molecule has 0 unspecified atom stereocenters. The van der Waals surface area contributed by atoms with Gasteiger partial charge in [-0.25, -0.2) is 4.98 Å². The lowest BCUT2D eigenvalue weighted by molar-refractivity contribution is -0.145. The van der Waals surface area contributed by atoms with Crippen molar-refractivity contribution in [1.82, 2.24) is 9.88 Å². The van der Waals surface area contributed by atoms with Crippen molar-refractivity contribution >= 4 is 11.9 Å². The number of likely N-dealkylation sites (tertiary alicyclic amines) is 1. The average Bonchev–Trinajstić information content (AvgIpc) is 3.29. The molecule has 0 radical (unpaired) electrons. The van der Waals surface area contributed by atoms with Crippen LogP contribution in [0.25, 0.3) is 11.3 Å². The Balaban J connectivity index is 1.48. The molecule has 28 heavy (non-hydrogen) atoms. The highest BCUT2D eigenvalue weighted by atomic mass is 16.4. The van der Waals surface area contributed by atoms with Crippen LogP contribution < -0.4 is 0 Å². The van der Waals surface area contributed by atoms with E-state index in [1.165, 1.54) is 6.39 Å². The Morgan fingerprint density at radius 1 is 1.00 bits per heavy atom. The first-order valence-electron chi connectivity index (χ1n) is 9.17. The minimum Gasteiger partial charge on any atom is -0.481 e. The molecule has 3 aromatic rings. The molecule has 2 heterocycles. The Morgan fingerprint density at radius 2 is 1.68 bits per heavy atom. The molecule has 142 valence electrons. The Labute approximate surface area is 162 Å². The van der Waals surface area contributed by atoms with Crippen LogP contribution >= 0.6 is 0 Å². The number of carboxylic acid groups (broad SMARTS) is 1. The van der Waals surface area contributed by atoms with Gasteiger partial charge in [0.2, 0.25) is 0 Å². The monoisotopic (exact) mass is 376 g/mol. The molecule has 1 aliphatic rings. The van der Waals surface area contributed by atoms with Crippen LogP contribution in [-0.2, 0) is 10.2 Å². The van der Waals surface area contributed by atoms with Gasteiger partial charge in [-0.05, 0) is 30.5 Å². The summed E-state index contributed by atoms with van der Waals surface area (Å²) in [5, 5.41) is 9.89. The second kappa shape index (κ2) is 7.31. The molecule has 0 atom stereocenters. The summed E-state index contributed by atoms with van der Waals surface area (Å²) in [6, 6.07) is 16.5. The van der Waals surface area contributed by atoms with Crippen molar-refractivity contribution in [2.45, 2.75) is 18.3 Å². The number of rotatable bonds is 4. The predicted octanol–water partition coefficient (Wildman–Crippen LogP) is 3.60. The summed E-state index contributed by atoms with van der Waals surface area (Å²) in [6.07, 6.45) is 3.78. The summed E-state index contributed by atoms with van der Waals surface area (Å²) in [5.74, 6) is -0.274. The number of carboxylic acids is 1.